The Morgan fingerprint density at radius 3 is 2.40 bits per heavy atom. The van der Waals surface area contributed by atoms with Gasteiger partial charge in [0.15, 0.2) is 5.82 Å². The molecule has 4 rings (SSSR count). The topological polar surface area (TPSA) is 64.0 Å². The fourth-order valence-electron chi connectivity index (χ4n) is 3.14. The Bertz CT molecular complexity index is 1220. The standard InChI is InChI=1S/C23H17BrClN3O2/c24-17-9-7-16(8-10-17)22(30)23-27-19-3-1-2-4-20(19)28(23)14-21(29)26-13-15-5-11-18(25)12-6-15/h1-12H,13-14H2,(H,26,29). The molecule has 7 heteroatoms. The highest BCUT2D eigenvalue weighted by Gasteiger charge is 2.20. The normalized spacial score (nSPS) is 10.9. The molecule has 0 saturated carbocycles. The summed E-state index contributed by atoms with van der Waals surface area (Å²) in [4.78, 5) is 30.2. The predicted molar refractivity (Wildman–Crippen MR) is 121 cm³/mol. The molecule has 1 heterocycles. The van der Waals surface area contributed by atoms with E-state index in [4.69, 9.17) is 11.6 Å². The molecule has 0 aliphatic heterocycles. The minimum absolute atomic E-state index is 0.00823. The highest BCUT2D eigenvalue weighted by Crippen LogP contribution is 2.20. The molecule has 3 aromatic carbocycles. The average molecular weight is 483 g/mol. The minimum atomic E-state index is -0.232. The van der Waals surface area contributed by atoms with Crippen LogP contribution in [-0.2, 0) is 17.9 Å². The lowest BCUT2D eigenvalue weighted by Crippen LogP contribution is -2.28. The summed E-state index contributed by atoms with van der Waals surface area (Å²) in [5.74, 6) is -0.206. The van der Waals surface area contributed by atoms with Crippen molar-refractivity contribution in [3.63, 3.8) is 0 Å². The third-order valence-corrected chi connectivity index (χ3v) is 5.45. The Morgan fingerprint density at radius 1 is 0.967 bits per heavy atom. The Morgan fingerprint density at radius 2 is 1.67 bits per heavy atom. The van der Waals surface area contributed by atoms with Gasteiger partial charge in [0.05, 0.1) is 11.0 Å². The fourth-order valence-corrected chi connectivity index (χ4v) is 3.53. The van der Waals surface area contributed by atoms with Gasteiger partial charge >= 0.3 is 0 Å². The van der Waals surface area contributed by atoms with Crippen molar-refractivity contribution in [2.24, 2.45) is 0 Å². The van der Waals surface area contributed by atoms with Crippen LogP contribution in [0.25, 0.3) is 11.0 Å². The molecule has 1 aromatic heterocycles. The maximum absolute atomic E-state index is 13.1. The number of carbonyl (C=O) groups is 2. The Labute approximate surface area is 186 Å². The molecule has 0 atom stereocenters. The number of imidazole rings is 1. The van der Waals surface area contributed by atoms with E-state index in [0.29, 0.717) is 22.6 Å². The van der Waals surface area contributed by atoms with E-state index < -0.39 is 0 Å². The second-order valence-corrected chi connectivity index (χ2v) is 8.10. The first-order valence-corrected chi connectivity index (χ1v) is 10.4. The molecule has 0 aliphatic carbocycles. The monoisotopic (exact) mass is 481 g/mol. The number of fused-ring (bicyclic) bond motifs is 1. The van der Waals surface area contributed by atoms with Crippen LogP contribution in [0.3, 0.4) is 0 Å². The van der Waals surface area contributed by atoms with Crippen LogP contribution in [0.5, 0.6) is 0 Å². The second-order valence-electron chi connectivity index (χ2n) is 6.75. The zero-order valence-corrected chi connectivity index (χ0v) is 18.2. The van der Waals surface area contributed by atoms with E-state index in [1.165, 1.54) is 0 Å². The fraction of sp³-hybridized carbons (Fsp3) is 0.0870. The molecule has 150 valence electrons. The number of hydrogen-bond acceptors (Lipinski definition) is 3. The van der Waals surface area contributed by atoms with Crippen LogP contribution in [-0.4, -0.2) is 21.2 Å². The van der Waals surface area contributed by atoms with Gasteiger partial charge in [0.1, 0.15) is 6.54 Å². The van der Waals surface area contributed by atoms with Crippen molar-refractivity contribution in [1.82, 2.24) is 14.9 Å². The molecule has 0 aliphatic rings. The quantitative estimate of drug-likeness (QED) is 0.393. The van der Waals surface area contributed by atoms with Crippen LogP contribution in [0.2, 0.25) is 5.02 Å². The molecule has 1 amide bonds. The summed E-state index contributed by atoms with van der Waals surface area (Å²) in [5.41, 5.74) is 2.86. The Hall–Kier alpha value is -2.96. The van der Waals surface area contributed by atoms with Gasteiger partial charge in [-0.15, -0.1) is 0 Å². The largest absolute Gasteiger partial charge is 0.350 e. The van der Waals surface area contributed by atoms with Crippen molar-refractivity contribution in [2.75, 3.05) is 0 Å². The van der Waals surface area contributed by atoms with E-state index in [2.05, 4.69) is 26.2 Å². The number of ketones is 1. The van der Waals surface area contributed by atoms with Gasteiger partial charge in [-0.25, -0.2) is 4.98 Å². The lowest BCUT2D eigenvalue weighted by atomic mass is 10.1. The summed E-state index contributed by atoms with van der Waals surface area (Å²) >= 11 is 9.27. The van der Waals surface area contributed by atoms with Gasteiger partial charge in [0.2, 0.25) is 11.7 Å². The number of benzene rings is 3. The van der Waals surface area contributed by atoms with Crippen molar-refractivity contribution < 1.29 is 9.59 Å². The van der Waals surface area contributed by atoms with Crippen molar-refractivity contribution in [2.45, 2.75) is 13.1 Å². The summed E-state index contributed by atoms with van der Waals surface area (Å²) in [6.07, 6.45) is 0. The molecule has 0 fully saturated rings. The van der Waals surface area contributed by atoms with Crippen molar-refractivity contribution in [1.29, 1.82) is 0 Å². The molecule has 1 N–H and O–H groups in total. The highest BCUT2D eigenvalue weighted by molar-refractivity contribution is 9.10. The molecule has 0 saturated heterocycles. The van der Waals surface area contributed by atoms with Crippen LogP contribution < -0.4 is 5.32 Å². The van der Waals surface area contributed by atoms with Gasteiger partial charge in [-0.3, -0.25) is 9.59 Å². The van der Waals surface area contributed by atoms with Gasteiger partial charge in [-0.1, -0.05) is 51.8 Å². The first-order chi connectivity index (χ1) is 14.5. The van der Waals surface area contributed by atoms with Crippen LogP contribution in [0, 0.1) is 0 Å². The number of nitrogens with zero attached hydrogens (tertiary/aromatic N) is 2. The van der Waals surface area contributed by atoms with Gasteiger partial charge < -0.3 is 9.88 Å². The number of para-hydroxylation sites is 2. The van der Waals surface area contributed by atoms with E-state index in [-0.39, 0.29) is 24.1 Å². The van der Waals surface area contributed by atoms with E-state index in [1.54, 1.807) is 41.0 Å². The summed E-state index contributed by atoms with van der Waals surface area (Å²) in [6, 6.07) is 21.8. The van der Waals surface area contributed by atoms with E-state index in [9.17, 15) is 9.59 Å². The molecular formula is C23H17BrClN3O2. The Balaban J connectivity index is 1.59. The zero-order valence-electron chi connectivity index (χ0n) is 15.8. The van der Waals surface area contributed by atoms with Gasteiger partial charge in [-0.05, 0) is 54.1 Å². The molecule has 0 spiro atoms. The van der Waals surface area contributed by atoms with Crippen LogP contribution >= 0.6 is 27.5 Å². The molecular weight excluding hydrogens is 466 g/mol. The number of hydrogen-bond donors (Lipinski definition) is 1. The lowest BCUT2D eigenvalue weighted by molar-refractivity contribution is -0.121. The molecule has 0 radical (unpaired) electrons. The summed E-state index contributed by atoms with van der Waals surface area (Å²) in [7, 11) is 0. The summed E-state index contributed by atoms with van der Waals surface area (Å²) < 4.78 is 2.55. The third-order valence-electron chi connectivity index (χ3n) is 4.67. The molecule has 0 bridgehead atoms. The minimum Gasteiger partial charge on any atom is -0.350 e. The first-order valence-electron chi connectivity index (χ1n) is 9.28. The van der Waals surface area contributed by atoms with E-state index in [1.807, 2.05) is 36.4 Å². The second kappa shape index (κ2) is 8.81. The molecule has 4 aromatic rings. The van der Waals surface area contributed by atoms with Crippen molar-refractivity contribution in [3.05, 3.63) is 99.2 Å². The van der Waals surface area contributed by atoms with Crippen LogP contribution in [0.15, 0.2) is 77.3 Å². The van der Waals surface area contributed by atoms with Gasteiger partial charge in [0, 0.05) is 21.6 Å². The molecule has 30 heavy (non-hydrogen) atoms. The number of halogens is 2. The predicted octanol–water partition coefficient (Wildman–Crippen LogP) is 5.00. The number of rotatable bonds is 6. The SMILES string of the molecule is O=C(Cn1c(C(=O)c2ccc(Br)cc2)nc2ccccc21)NCc1ccc(Cl)cc1. The first kappa shape index (κ1) is 20.3. The molecule has 5 nitrogen and oxygen atoms in total. The Kier molecular flexibility index (Phi) is 5.97. The third kappa shape index (κ3) is 4.45. The van der Waals surface area contributed by atoms with Crippen LogP contribution in [0.1, 0.15) is 21.7 Å². The number of nitrogens with one attached hydrogen (secondary N) is 1. The van der Waals surface area contributed by atoms with Gasteiger partial charge in [-0.2, -0.15) is 0 Å². The summed E-state index contributed by atoms with van der Waals surface area (Å²) in [5, 5.41) is 3.53. The maximum atomic E-state index is 13.1. The van der Waals surface area contributed by atoms with Gasteiger partial charge in [0.25, 0.3) is 0 Å². The highest BCUT2D eigenvalue weighted by atomic mass is 79.9. The van der Waals surface area contributed by atoms with Crippen LogP contribution in [0.4, 0.5) is 0 Å². The van der Waals surface area contributed by atoms with Crippen molar-refractivity contribution in [3.8, 4) is 0 Å². The lowest BCUT2D eigenvalue weighted by Gasteiger charge is -2.10. The van der Waals surface area contributed by atoms with Crippen molar-refractivity contribution >= 4 is 50.3 Å². The number of carbonyl (C=O) groups excluding carboxylic acids is 2. The van der Waals surface area contributed by atoms with E-state index in [0.717, 1.165) is 15.6 Å². The molecule has 0 unspecified atom stereocenters. The smallest absolute Gasteiger partial charge is 0.240 e. The van der Waals surface area contributed by atoms with E-state index >= 15 is 0 Å². The summed E-state index contributed by atoms with van der Waals surface area (Å²) in [6.45, 7) is 0.365. The number of amides is 1. The zero-order chi connectivity index (χ0) is 21.1. The maximum Gasteiger partial charge on any atom is 0.240 e. The average Bonchev–Trinajstić information content (AvgIpc) is 3.12. The number of aromatic nitrogens is 2.